The van der Waals surface area contributed by atoms with Gasteiger partial charge in [0, 0.05) is 29.8 Å². The van der Waals surface area contributed by atoms with E-state index in [0.717, 1.165) is 48.3 Å². The molecule has 1 aliphatic heterocycles. The number of hydrogen-bond acceptors (Lipinski definition) is 2. The quantitative estimate of drug-likeness (QED) is 0.796. The number of rotatable bonds is 3. The number of anilines is 1. The molecule has 1 aromatic rings. The lowest BCUT2D eigenvalue weighted by Crippen LogP contribution is -2.53. The van der Waals surface area contributed by atoms with Crippen molar-refractivity contribution in [3.63, 3.8) is 0 Å². The van der Waals surface area contributed by atoms with Crippen LogP contribution < -0.4 is 15.5 Å². The van der Waals surface area contributed by atoms with Gasteiger partial charge in [-0.25, -0.2) is 4.79 Å². The first-order chi connectivity index (χ1) is 13.6. The Morgan fingerprint density at radius 3 is 2.32 bits per heavy atom. The van der Waals surface area contributed by atoms with Crippen molar-refractivity contribution in [2.75, 3.05) is 24.5 Å². The van der Waals surface area contributed by atoms with E-state index in [1.807, 2.05) is 24.3 Å². The summed E-state index contributed by atoms with van der Waals surface area (Å²) in [5.41, 5.74) is 1.68. The lowest BCUT2D eigenvalue weighted by Gasteiger charge is -2.55. The highest BCUT2D eigenvalue weighted by atomic mass is 16.2. The molecule has 6 rings (SSSR count). The number of nitrogens with one attached hydrogen (secondary N) is 2. The van der Waals surface area contributed by atoms with Crippen molar-refractivity contribution in [2.45, 2.75) is 38.5 Å². The van der Waals surface area contributed by atoms with E-state index in [1.54, 1.807) is 4.90 Å². The van der Waals surface area contributed by atoms with Gasteiger partial charge in [0.25, 0.3) is 0 Å². The molecule has 4 aliphatic carbocycles. The monoisotopic (exact) mass is 377 g/mol. The average Bonchev–Trinajstić information content (AvgIpc) is 3.10. The van der Waals surface area contributed by atoms with Crippen LogP contribution in [0.1, 0.15) is 44.1 Å². The number of urea groups is 1. The fraction of sp³-hybridized carbons (Fsp3) is 0.565. The predicted molar refractivity (Wildman–Crippen MR) is 108 cm³/mol. The second-order valence-corrected chi connectivity index (χ2v) is 9.11. The van der Waals surface area contributed by atoms with Crippen molar-refractivity contribution in [1.82, 2.24) is 10.6 Å². The molecule has 146 valence electrons. The highest BCUT2D eigenvalue weighted by Gasteiger charge is 2.54. The Hall–Kier alpha value is -2.48. The van der Waals surface area contributed by atoms with Gasteiger partial charge >= 0.3 is 6.03 Å². The first-order valence-electron chi connectivity index (χ1n) is 10.5. The van der Waals surface area contributed by atoms with Crippen LogP contribution in [0.2, 0.25) is 0 Å². The molecule has 0 spiro atoms. The van der Waals surface area contributed by atoms with Gasteiger partial charge in [-0.05, 0) is 80.5 Å². The molecule has 0 aromatic heterocycles. The van der Waals surface area contributed by atoms with Gasteiger partial charge in [-0.3, -0.25) is 9.69 Å². The van der Waals surface area contributed by atoms with E-state index in [0.29, 0.717) is 19.6 Å². The van der Waals surface area contributed by atoms with Crippen LogP contribution in [-0.4, -0.2) is 31.6 Å². The normalized spacial score (nSPS) is 32.6. The van der Waals surface area contributed by atoms with Crippen molar-refractivity contribution in [2.24, 2.45) is 23.2 Å². The topological polar surface area (TPSA) is 61.4 Å². The zero-order valence-electron chi connectivity index (χ0n) is 16.2. The summed E-state index contributed by atoms with van der Waals surface area (Å²) < 4.78 is 0. The molecule has 0 radical (unpaired) electrons. The van der Waals surface area contributed by atoms with Crippen LogP contribution in [0, 0.1) is 35.0 Å². The molecule has 5 aliphatic rings. The van der Waals surface area contributed by atoms with Crippen LogP contribution in [-0.2, 0) is 4.79 Å². The van der Waals surface area contributed by atoms with Crippen LogP contribution in [0.5, 0.6) is 0 Å². The van der Waals surface area contributed by atoms with Gasteiger partial charge in [0.2, 0.25) is 5.91 Å². The van der Waals surface area contributed by atoms with Gasteiger partial charge in [0.05, 0.1) is 6.54 Å². The van der Waals surface area contributed by atoms with E-state index >= 15 is 0 Å². The number of amides is 3. The minimum Gasteiger partial charge on any atom is -0.345 e. The average molecular weight is 377 g/mol. The van der Waals surface area contributed by atoms with Gasteiger partial charge in [0.15, 0.2) is 0 Å². The Morgan fingerprint density at radius 2 is 1.75 bits per heavy atom. The largest absolute Gasteiger partial charge is 0.345 e. The van der Waals surface area contributed by atoms with Gasteiger partial charge in [-0.1, -0.05) is 11.8 Å². The molecule has 28 heavy (non-hydrogen) atoms. The summed E-state index contributed by atoms with van der Waals surface area (Å²) in [5.74, 6) is 8.77. The number of hydrogen-bond donors (Lipinski definition) is 2. The van der Waals surface area contributed by atoms with Gasteiger partial charge in [0.1, 0.15) is 0 Å². The fourth-order valence-electron chi connectivity index (χ4n) is 6.29. The second kappa shape index (κ2) is 6.84. The van der Waals surface area contributed by atoms with Crippen molar-refractivity contribution >= 4 is 17.6 Å². The SMILES string of the molecule is O=C1NCCN1c1ccc(C#CCNC(=O)C23CC4CC(CC(C4)C2)C3)cc1. The maximum Gasteiger partial charge on any atom is 0.321 e. The molecular weight excluding hydrogens is 350 g/mol. The molecule has 0 atom stereocenters. The zero-order chi connectivity index (χ0) is 19.1. The summed E-state index contributed by atoms with van der Waals surface area (Å²) in [4.78, 5) is 26.3. The number of benzene rings is 1. The summed E-state index contributed by atoms with van der Waals surface area (Å²) in [6, 6.07) is 7.64. The van der Waals surface area contributed by atoms with E-state index in [4.69, 9.17) is 0 Å². The summed E-state index contributed by atoms with van der Waals surface area (Å²) in [5, 5.41) is 5.90. The van der Waals surface area contributed by atoms with Crippen LogP contribution >= 0.6 is 0 Å². The highest BCUT2D eigenvalue weighted by Crippen LogP contribution is 2.60. The van der Waals surface area contributed by atoms with Crippen molar-refractivity contribution in [3.8, 4) is 11.8 Å². The summed E-state index contributed by atoms with van der Waals surface area (Å²) in [7, 11) is 0. The number of nitrogens with zero attached hydrogens (tertiary/aromatic N) is 1. The second-order valence-electron chi connectivity index (χ2n) is 9.11. The third-order valence-electron chi connectivity index (χ3n) is 7.13. The Kier molecular flexibility index (Phi) is 4.30. The van der Waals surface area contributed by atoms with Crippen LogP contribution in [0.25, 0.3) is 0 Å². The van der Waals surface area contributed by atoms with Crippen LogP contribution in [0.3, 0.4) is 0 Å². The van der Waals surface area contributed by atoms with Gasteiger partial charge in [-0.2, -0.15) is 0 Å². The lowest BCUT2D eigenvalue weighted by molar-refractivity contribution is -0.145. The molecule has 5 fully saturated rings. The lowest BCUT2D eigenvalue weighted by atomic mass is 9.49. The summed E-state index contributed by atoms with van der Waals surface area (Å²) in [6.07, 6.45) is 7.31. The summed E-state index contributed by atoms with van der Waals surface area (Å²) in [6.45, 7) is 1.78. The molecule has 3 amide bonds. The maximum absolute atomic E-state index is 12.9. The first-order valence-corrected chi connectivity index (χ1v) is 10.5. The Bertz CT molecular complexity index is 814. The van der Waals surface area contributed by atoms with Crippen molar-refractivity contribution in [1.29, 1.82) is 0 Å². The molecule has 4 saturated carbocycles. The summed E-state index contributed by atoms with van der Waals surface area (Å²) >= 11 is 0. The van der Waals surface area contributed by atoms with Crippen molar-refractivity contribution < 1.29 is 9.59 Å². The van der Waals surface area contributed by atoms with E-state index in [2.05, 4.69) is 22.5 Å². The molecule has 1 saturated heterocycles. The van der Waals surface area contributed by atoms with Crippen LogP contribution in [0.15, 0.2) is 24.3 Å². The van der Waals surface area contributed by atoms with E-state index < -0.39 is 0 Å². The maximum atomic E-state index is 12.9. The standard InChI is InChI=1S/C23H27N3O2/c27-21(23-13-17-10-18(14-23)12-19(11-17)15-23)24-7-1-2-16-3-5-20(6-4-16)26-9-8-25-22(26)28/h3-6,17-19H,7-15H2,(H,24,27)(H,25,28). The molecular formula is C23H27N3O2. The Balaban J connectivity index is 1.17. The third kappa shape index (κ3) is 3.15. The Labute approximate surface area is 166 Å². The smallest absolute Gasteiger partial charge is 0.321 e. The third-order valence-corrected chi connectivity index (χ3v) is 7.13. The van der Waals surface area contributed by atoms with E-state index in [9.17, 15) is 9.59 Å². The van der Waals surface area contributed by atoms with E-state index in [-0.39, 0.29) is 17.4 Å². The molecule has 5 heteroatoms. The molecule has 2 N–H and O–H groups in total. The minimum absolute atomic E-state index is 0.0498. The molecule has 1 heterocycles. The molecule has 0 unspecified atom stereocenters. The first kappa shape index (κ1) is 17.6. The van der Waals surface area contributed by atoms with Gasteiger partial charge in [-0.15, -0.1) is 0 Å². The van der Waals surface area contributed by atoms with Gasteiger partial charge < -0.3 is 10.6 Å². The molecule has 5 nitrogen and oxygen atoms in total. The zero-order valence-corrected chi connectivity index (χ0v) is 16.2. The fourth-order valence-corrected chi connectivity index (χ4v) is 6.29. The number of carbonyl (C=O) groups excluding carboxylic acids is 2. The molecule has 4 bridgehead atoms. The van der Waals surface area contributed by atoms with E-state index in [1.165, 1.54) is 19.3 Å². The molecule has 1 aromatic carbocycles. The van der Waals surface area contributed by atoms with Crippen LogP contribution in [0.4, 0.5) is 10.5 Å². The predicted octanol–water partition coefficient (Wildman–Crippen LogP) is 2.90. The minimum atomic E-state index is -0.103. The number of carbonyl (C=O) groups is 2. The van der Waals surface area contributed by atoms with Crippen molar-refractivity contribution in [3.05, 3.63) is 29.8 Å². The highest BCUT2D eigenvalue weighted by molar-refractivity contribution is 5.94. The Morgan fingerprint density at radius 1 is 1.11 bits per heavy atom.